The molecule has 0 aliphatic carbocycles. The molecule has 1 unspecified atom stereocenters. The molecule has 1 atom stereocenters. The van der Waals surface area contributed by atoms with Crippen molar-refractivity contribution in [2.45, 2.75) is 26.7 Å². The van der Waals surface area contributed by atoms with Crippen molar-refractivity contribution in [3.63, 3.8) is 0 Å². The second-order valence-corrected chi connectivity index (χ2v) is 6.35. The third-order valence-electron chi connectivity index (χ3n) is 3.48. The fraction of sp³-hybridized carbons (Fsp3) is 0.333. The molecule has 3 nitrogen and oxygen atoms in total. The molecule has 2 aromatic rings. The summed E-state index contributed by atoms with van der Waals surface area (Å²) in [5.74, 6) is 0. The summed E-state index contributed by atoms with van der Waals surface area (Å²) >= 11 is 0. The van der Waals surface area contributed by atoms with Crippen LogP contribution < -0.4 is 5.30 Å². The monoisotopic (exact) mass is 278 g/mol. The number of rotatable bonds is 4. The second-order valence-electron chi connectivity index (χ2n) is 4.49. The highest BCUT2D eigenvalue weighted by atomic mass is 31.2. The Labute approximate surface area is 113 Å². The molecule has 0 aliphatic heterocycles. The molecule has 0 radical (unpaired) electrons. The Morgan fingerprint density at radius 3 is 2.47 bits per heavy atom. The van der Waals surface area contributed by atoms with Crippen LogP contribution in [0.5, 0.6) is 0 Å². The molecule has 0 aromatic heterocycles. The van der Waals surface area contributed by atoms with Gasteiger partial charge in [-0.3, -0.25) is 4.57 Å². The molecule has 0 amide bonds. The van der Waals surface area contributed by atoms with Crippen molar-refractivity contribution in [1.29, 1.82) is 0 Å². The number of fused-ring (bicyclic) bond motifs is 1. The Hall–Kier alpha value is -1.15. The lowest BCUT2D eigenvalue weighted by molar-refractivity contribution is 0.328. The van der Waals surface area contributed by atoms with Gasteiger partial charge >= 0.3 is 7.60 Å². The van der Waals surface area contributed by atoms with E-state index in [-0.39, 0.29) is 0 Å². The fourth-order valence-corrected chi connectivity index (χ4v) is 3.89. The highest BCUT2D eigenvalue weighted by molar-refractivity contribution is 7.62. The van der Waals surface area contributed by atoms with Crippen LogP contribution in [-0.4, -0.2) is 12.0 Å². The molecule has 0 saturated heterocycles. The maximum atomic E-state index is 12.4. The summed E-state index contributed by atoms with van der Waals surface area (Å²) in [6.07, 6.45) is 1.56. The Morgan fingerprint density at radius 2 is 1.89 bits per heavy atom. The smallest absolute Gasteiger partial charge is 0.321 e. The van der Waals surface area contributed by atoms with E-state index < -0.39 is 7.60 Å². The van der Waals surface area contributed by atoms with Gasteiger partial charge in [0.15, 0.2) is 0 Å². The number of hydrogen-bond acceptors (Lipinski definition) is 2. The molecule has 1 N–H and O–H groups in total. The first-order valence-corrected chi connectivity index (χ1v) is 8.05. The molecule has 4 heteroatoms. The van der Waals surface area contributed by atoms with E-state index in [1.165, 1.54) is 7.11 Å². The van der Waals surface area contributed by atoms with Crippen LogP contribution in [0.15, 0.2) is 30.3 Å². The fourth-order valence-electron chi connectivity index (χ4n) is 2.55. The van der Waals surface area contributed by atoms with Gasteiger partial charge in [0, 0.05) is 7.11 Å². The van der Waals surface area contributed by atoms with Crippen LogP contribution in [0.3, 0.4) is 0 Å². The second kappa shape index (κ2) is 5.46. The minimum atomic E-state index is -3.77. The first kappa shape index (κ1) is 14.3. The molecule has 0 heterocycles. The minimum absolute atomic E-state index is 0.465. The van der Waals surface area contributed by atoms with Gasteiger partial charge in [-0.1, -0.05) is 44.2 Å². The van der Waals surface area contributed by atoms with Gasteiger partial charge in [-0.2, -0.15) is 0 Å². The lowest BCUT2D eigenvalue weighted by Crippen LogP contribution is -2.16. The van der Waals surface area contributed by atoms with Gasteiger partial charge in [-0.25, -0.2) is 0 Å². The van der Waals surface area contributed by atoms with Gasteiger partial charge in [-0.05, 0) is 34.7 Å². The molecule has 2 aromatic carbocycles. The van der Waals surface area contributed by atoms with Crippen molar-refractivity contribution >= 4 is 23.7 Å². The first-order valence-electron chi connectivity index (χ1n) is 6.47. The van der Waals surface area contributed by atoms with Crippen molar-refractivity contribution in [3.8, 4) is 0 Å². The zero-order chi connectivity index (χ0) is 14.0. The number of aryl methyl sites for hydroxylation is 1. The van der Waals surface area contributed by atoms with Gasteiger partial charge in [0.2, 0.25) is 0 Å². The predicted octanol–water partition coefficient (Wildman–Crippen LogP) is 3.42. The van der Waals surface area contributed by atoms with Crippen LogP contribution in [-0.2, 0) is 21.9 Å². The minimum Gasteiger partial charge on any atom is -0.321 e. The largest absolute Gasteiger partial charge is 0.359 e. The predicted molar refractivity (Wildman–Crippen MR) is 79.2 cm³/mol. The van der Waals surface area contributed by atoms with Crippen LogP contribution >= 0.6 is 7.60 Å². The molecule has 102 valence electrons. The van der Waals surface area contributed by atoms with Crippen molar-refractivity contribution < 1.29 is 14.0 Å². The van der Waals surface area contributed by atoms with Crippen molar-refractivity contribution in [3.05, 3.63) is 41.5 Å². The Morgan fingerprint density at radius 1 is 1.21 bits per heavy atom. The van der Waals surface area contributed by atoms with E-state index in [1.807, 2.05) is 31.2 Å². The van der Waals surface area contributed by atoms with Gasteiger partial charge in [0.1, 0.15) is 0 Å². The summed E-state index contributed by atoms with van der Waals surface area (Å²) < 4.78 is 17.3. The number of hydrogen-bond donors (Lipinski definition) is 1. The summed E-state index contributed by atoms with van der Waals surface area (Å²) in [4.78, 5) is 10.2. The van der Waals surface area contributed by atoms with Gasteiger partial charge in [0.25, 0.3) is 0 Å². The normalized spacial score (nSPS) is 14.5. The average Bonchev–Trinajstić information content (AvgIpc) is 2.44. The SMILES string of the molecule is CCc1cc2ccccc2c(P(=O)(O)OC)c1CC. The lowest BCUT2D eigenvalue weighted by Gasteiger charge is -2.19. The maximum Gasteiger partial charge on any atom is 0.359 e. The molecule has 0 spiro atoms. The topological polar surface area (TPSA) is 46.5 Å². The van der Waals surface area contributed by atoms with Crippen molar-refractivity contribution in [2.24, 2.45) is 0 Å². The highest BCUT2D eigenvalue weighted by Gasteiger charge is 2.28. The van der Waals surface area contributed by atoms with E-state index in [2.05, 4.69) is 13.0 Å². The Balaban J connectivity index is 2.94. The Kier molecular flexibility index (Phi) is 4.10. The van der Waals surface area contributed by atoms with Crippen LogP contribution in [0, 0.1) is 0 Å². The summed E-state index contributed by atoms with van der Waals surface area (Å²) in [7, 11) is -2.48. The van der Waals surface area contributed by atoms with Crippen LogP contribution in [0.1, 0.15) is 25.0 Å². The summed E-state index contributed by atoms with van der Waals surface area (Å²) in [6.45, 7) is 4.06. The molecular formula is C15H19O3P. The summed E-state index contributed by atoms with van der Waals surface area (Å²) in [6, 6.07) is 9.77. The highest BCUT2D eigenvalue weighted by Crippen LogP contribution is 2.44. The van der Waals surface area contributed by atoms with E-state index >= 15 is 0 Å². The molecule has 19 heavy (non-hydrogen) atoms. The van der Waals surface area contributed by atoms with Crippen molar-refractivity contribution in [2.75, 3.05) is 7.11 Å². The maximum absolute atomic E-state index is 12.4. The van der Waals surface area contributed by atoms with Gasteiger partial charge < -0.3 is 9.42 Å². The quantitative estimate of drug-likeness (QED) is 0.872. The van der Waals surface area contributed by atoms with Gasteiger partial charge in [-0.15, -0.1) is 0 Å². The number of benzene rings is 2. The summed E-state index contributed by atoms with van der Waals surface area (Å²) in [5.41, 5.74) is 2.05. The van der Waals surface area contributed by atoms with E-state index in [1.54, 1.807) is 0 Å². The van der Waals surface area contributed by atoms with Crippen LogP contribution in [0.4, 0.5) is 0 Å². The summed E-state index contributed by atoms with van der Waals surface area (Å²) in [5, 5.41) is 2.26. The standard InChI is InChI=1S/C15H19O3P/c1-4-11-10-12-8-6-7-9-14(12)15(13(11)5-2)19(16,17)18-3/h6-10H,4-5H2,1-3H3,(H,16,17). The van der Waals surface area contributed by atoms with Crippen LogP contribution in [0.2, 0.25) is 0 Å². The molecule has 0 saturated carbocycles. The third kappa shape index (κ3) is 2.46. The lowest BCUT2D eigenvalue weighted by atomic mass is 9.97. The van der Waals surface area contributed by atoms with Gasteiger partial charge in [0.05, 0.1) is 5.30 Å². The third-order valence-corrected chi connectivity index (χ3v) is 5.05. The zero-order valence-corrected chi connectivity index (χ0v) is 12.4. The molecule has 0 aliphatic rings. The Bertz CT molecular complexity index is 649. The molecule has 0 fully saturated rings. The molecule has 0 bridgehead atoms. The van der Waals surface area contributed by atoms with E-state index in [9.17, 15) is 9.46 Å². The van der Waals surface area contributed by atoms with Crippen LogP contribution in [0.25, 0.3) is 10.8 Å². The van der Waals surface area contributed by atoms with E-state index in [0.29, 0.717) is 5.30 Å². The first-order chi connectivity index (χ1) is 9.05. The molecular weight excluding hydrogens is 259 g/mol. The molecule has 2 rings (SSSR count). The zero-order valence-electron chi connectivity index (χ0n) is 11.5. The van der Waals surface area contributed by atoms with Crippen molar-refractivity contribution in [1.82, 2.24) is 0 Å². The van der Waals surface area contributed by atoms with E-state index in [0.717, 1.165) is 34.7 Å². The van der Waals surface area contributed by atoms with E-state index in [4.69, 9.17) is 4.52 Å². The average molecular weight is 278 g/mol.